The van der Waals surface area contributed by atoms with Gasteiger partial charge in [0.15, 0.2) is 0 Å². The number of rotatable bonds is 10. The first-order valence-electron chi connectivity index (χ1n) is 12.6. The van der Waals surface area contributed by atoms with E-state index in [0.717, 1.165) is 19.3 Å². The van der Waals surface area contributed by atoms with E-state index in [-0.39, 0.29) is 37.9 Å². The van der Waals surface area contributed by atoms with E-state index in [1.807, 2.05) is 0 Å². The van der Waals surface area contributed by atoms with Crippen molar-refractivity contribution in [3.05, 3.63) is 24.3 Å². The molecule has 0 unspecified atom stereocenters. The lowest BCUT2D eigenvalue weighted by molar-refractivity contribution is -0.0470. The molecule has 0 aliphatic heterocycles. The molecule has 0 radical (unpaired) electrons. The van der Waals surface area contributed by atoms with Crippen LogP contribution in [0.15, 0.2) is 24.3 Å². The van der Waals surface area contributed by atoms with Gasteiger partial charge < -0.3 is 0 Å². The summed E-state index contributed by atoms with van der Waals surface area (Å²) >= 11 is 0. The Bertz CT molecular complexity index is 607. The maximum absolute atomic E-state index is 4.97. The van der Waals surface area contributed by atoms with Crippen molar-refractivity contribution in [2.75, 3.05) is 0 Å². The van der Waals surface area contributed by atoms with Crippen molar-refractivity contribution in [1.29, 1.82) is 0 Å². The standard InChI is InChI=1S/C31H60/c1-19-27(11,12)22-28(13,14)24(4)31(23(2)3,29(15,16)20-25(5,6)7)30(17,18)21-26(8,9)10/h2,4,19-22H2,1,3,5-18H3. The van der Waals surface area contributed by atoms with E-state index in [1.165, 1.54) is 17.6 Å². The predicted octanol–water partition coefficient (Wildman–Crippen LogP) is 10.9. The molecule has 0 rings (SSSR count). The molecule has 0 spiro atoms. The fourth-order valence-corrected chi connectivity index (χ4v) is 8.00. The molecule has 31 heavy (non-hydrogen) atoms. The Morgan fingerprint density at radius 3 is 1.13 bits per heavy atom. The van der Waals surface area contributed by atoms with Gasteiger partial charge in [-0.25, -0.2) is 0 Å². The van der Waals surface area contributed by atoms with Crippen LogP contribution in [-0.2, 0) is 0 Å². The van der Waals surface area contributed by atoms with Crippen LogP contribution >= 0.6 is 0 Å². The lowest BCUT2D eigenvalue weighted by Crippen LogP contribution is -2.55. The first-order chi connectivity index (χ1) is 13.3. The Morgan fingerprint density at radius 1 is 0.581 bits per heavy atom. The van der Waals surface area contributed by atoms with Gasteiger partial charge in [0.2, 0.25) is 0 Å². The summed E-state index contributed by atoms with van der Waals surface area (Å²) in [5.74, 6) is 0. The minimum atomic E-state index is -0.173. The summed E-state index contributed by atoms with van der Waals surface area (Å²) in [7, 11) is 0. The van der Waals surface area contributed by atoms with Crippen molar-refractivity contribution in [3.63, 3.8) is 0 Å². The monoisotopic (exact) mass is 432 g/mol. The molecule has 0 aromatic rings. The second-order valence-corrected chi connectivity index (χ2v) is 15.8. The van der Waals surface area contributed by atoms with Gasteiger partial charge in [-0.05, 0) is 58.7 Å². The zero-order chi connectivity index (χ0) is 25.5. The van der Waals surface area contributed by atoms with E-state index >= 15 is 0 Å². The van der Waals surface area contributed by atoms with E-state index < -0.39 is 0 Å². The molecule has 0 nitrogen and oxygen atoms in total. The van der Waals surface area contributed by atoms with Gasteiger partial charge in [0.25, 0.3) is 0 Å². The predicted molar refractivity (Wildman–Crippen MR) is 145 cm³/mol. The number of allylic oxidation sites excluding steroid dienone is 2. The lowest BCUT2D eigenvalue weighted by atomic mass is 9.40. The Labute approximate surface area is 198 Å². The third-order valence-corrected chi connectivity index (χ3v) is 7.76. The minimum absolute atomic E-state index is 0.0166. The molecule has 0 bridgehead atoms. The molecule has 184 valence electrons. The smallest absolute Gasteiger partial charge is 0.0220 e. The highest BCUT2D eigenvalue weighted by Gasteiger charge is 2.60. The second kappa shape index (κ2) is 9.02. The second-order valence-electron chi connectivity index (χ2n) is 15.8. The normalized spacial score (nSPS) is 15.2. The highest BCUT2D eigenvalue weighted by atomic mass is 14.6. The average Bonchev–Trinajstić information content (AvgIpc) is 2.39. The molecule has 0 fully saturated rings. The van der Waals surface area contributed by atoms with Crippen molar-refractivity contribution in [3.8, 4) is 0 Å². The summed E-state index contributed by atoms with van der Waals surface area (Å²) in [5, 5.41) is 0. The van der Waals surface area contributed by atoms with Crippen molar-refractivity contribution >= 4 is 0 Å². The third-order valence-electron chi connectivity index (χ3n) is 7.76. The van der Waals surface area contributed by atoms with Gasteiger partial charge in [-0.1, -0.05) is 135 Å². The SMILES string of the molecule is C=C(C)C(C(=C)C(C)(C)CC(C)(C)CC)(C(C)(C)CC(C)(C)C)C(C)(C)CC(C)(C)C. The van der Waals surface area contributed by atoms with Crippen LogP contribution in [0.4, 0.5) is 0 Å². The molecule has 0 saturated carbocycles. The molecular formula is C31H60. The summed E-state index contributed by atoms with van der Waals surface area (Å²) < 4.78 is 0. The maximum Gasteiger partial charge on any atom is 0.0220 e. The fourth-order valence-electron chi connectivity index (χ4n) is 8.00. The minimum Gasteiger partial charge on any atom is -0.0992 e. The molecule has 0 saturated heterocycles. The Hall–Kier alpha value is -0.520. The van der Waals surface area contributed by atoms with E-state index in [2.05, 4.69) is 111 Å². The van der Waals surface area contributed by atoms with Crippen molar-refractivity contribution < 1.29 is 0 Å². The molecule has 0 aromatic carbocycles. The van der Waals surface area contributed by atoms with Crippen LogP contribution in [0.5, 0.6) is 0 Å². The lowest BCUT2D eigenvalue weighted by Gasteiger charge is -2.63. The van der Waals surface area contributed by atoms with Crippen LogP contribution in [0, 0.1) is 37.9 Å². The van der Waals surface area contributed by atoms with Crippen LogP contribution in [0.1, 0.15) is 136 Å². The fraction of sp³-hybridized carbons (Fsp3) is 0.871. The van der Waals surface area contributed by atoms with Gasteiger partial charge in [-0.3, -0.25) is 0 Å². The molecule has 0 heterocycles. The molecule has 0 aliphatic rings. The molecule has 0 aromatic heterocycles. The summed E-state index contributed by atoms with van der Waals surface area (Å²) in [6, 6.07) is 0. The molecule has 0 heteroatoms. The zero-order valence-corrected chi connectivity index (χ0v) is 24.7. The topological polar surface area (TPSA) is 0 Å². The van der Waals surface area contributed by atoms with Crippen LogP contribution in [0.25, 0.3) is 0 Å². The molecule has 0 amide bonds. The Kier molecular flexibility index (Phi) is 8.87. The van der Waals surface area contributed by atoms with Crippen LogP contribution in [0.3, 0.4) is 0 Å². The Balaban J connectivity index is 7.16. The summed E-state index contributed by atoms with van der Waals surface area (Å²) in [6.07, 6.45) is 4.58. The van der Waals surface area contributed by atoms with Gasteiger partial charge in [0.05, 0.1) is 0 Å². The van der Waals surface area contributed by atoms with Crippen LogP contribution in [-0.4, -0.2) is 0 Å². The van der Waals surface area contributed by atoms with E-state index in [9.17, 15) is 0 Å². The molecular weight excluding hydrogens is 372 g/mol. The molecule has 0 aliphatic carbocycles. The van der Waals surface area contributed by atoms with E-state index in [4.69, 9.17) is 13.2 Å². The van der Waals surface area contributed by atoms with Crippen LogP contribution in [0.2, 0.25) is 0 Å². The number of hydrogen-bond acceptors (Lipinski definition) is 0. The Morgan fingerprint density at radius 2 is 0.903 bits per heavy atom. The van der Waals surface area contributed by atoms with Crippen molar-refractivity contribution in [2.24, 2.45) is 37.9 Å². The first-order valence-corrected chi connectivity index (χ1v) is 12.6. The quantitative estimate of drug-likeness (QED) is 0.301. The maximum atomic E-state index is 4.97. The summed E-state index contributed by atoms with van der Waals surface area (Å²) in [5.41, 5.74) is 3.31. The van der Waals surface area contributed by atoms with E-state index in [0.29, 0.717) is 0 Å². The van der Waals surface area contributed by atoms with Crippen molar-refractivity contribution in [1.82, 2.24) is 0 Å². The average molecular weight is 433 g/mol. The third kappa shape index (κ3) is 6.98. The number of hydrogen-bond donors (Lipinski definition) is 0. The molecule has 0 N–H and O–H groups in total. The van der Waals surface area contributed by atoms with Gasteiger partial charge in [-0.15, -0.1) is 0 Å². The van der Waals surface area contributed by atoms with Gasteiger partial charge in [0.1, 0.15) is 0 Å². The van der Waals surface area contributed by atoms with Gasteiger partial charge in [-0.2, -0.15) is 0 Å². The highest BCUT2D eigenvalue weighted by molar-refractivity contribution is 5.37. The van der Waals surface area contributed by atoms with Gasteiger partial charge in [0, 0.05) is 5.41 Å². The summed E-state index contributed by atoms with van der Waals surface area (Å²) in [6.45, 7) is 48.2. The largest absolute Gasteiger partial charge is 0.0992 e. The van der Waals surface area contributed by atoms with Gasteiger partial charge >= 0.3 is 0 Å². The summed E-state index contributed by atoms with van der Waals surface area (Å²) in [4.78, 5) is 0. The van der Waals surface area contributed by atoms with Crippen molar-refractivity contribution in [2.45, 2.75) is 136 Å². The first kappa shape index (κ1) is 30.5. The highest BCUT2D eigenvalue weighted by Crippen LogP contribution is 2.68. The van der Waals surface area contributed by atoms with E-state index in [1.54, 1.807) is 0 Å². The molecule has 0 atom stereocenters. The van der Waals surface area contributed by atoms with Crippen LogP contribution < -0.4 is 0 Å². The zero-order valence-electron chi connectivity index (χ0n) is 24.7.